The third-order valence-electron chi connectivity index (χ3n) is 3.44. The van der Waals surface area contributed by atoms with E-state index in [1.165, 1.54) is 6.07 Å². The van der Waals surface area contributed by atoms with Crippen molar-refractivity contribution in [3.63, 3.8) is 0 Å². The lowest BCUT2D eigenvalue weighted by atomic mass is 10.1. The Morgan fingerprint density at radius 3 is 2.17 bits per heavy atom. The molecule has 0 saturated carbocycles. The lowest BCUT2D eigenvalue weighted by Gasteiger charge is -2.19. The standard InChI is InChI=1S/C16H18N2O5/c1-11-9-13(15(18(21)22)10-14(11)17(19)20)8-7-12-5-3-4-6-16(12)23-2/h3-10,17-19,21H,1-2H3. The smallest absolute Gasteiger partial charge is 0.177 e. The zero-order chi connectivity index (χ0) is 17.0. The molecule has 23 heavy (non-hydrogen) atoms. The molecule has 0 saturated heterocycles. The van der Waals surface area contributed by atoms with Crippen molar-refractivity contribution in [1.29, 1.82) is 0 Å². The quantitative estimate of drug-likeness (QED) is 0.486. The minimum absolute atomic E-state index is 0.0168. The molecule has 0 bridgehead atoms. The second-order valence-electron chi connectivity index (χ2n) is 4.94. The Labute approximate surface area is 133 Å². The first-order chi connectivity index (χ1) is 10.9. The molecule has 0 aliphatic carbocycles. The van der Waals surface area contributed by atoms with E-state index in [-0.39, 0.29) is 11.4 Å². The van der Waals surface area contributed by atoms with E-state index < -0.39 is 10.5 Å². The van der Waals surface area contributed by atoms with Crippen LogP contribution < -0.4 is 15.2 Å². The van der Waals surface area contributed by atoms with E-state index in [4.69, 9.17) is 9.94 Å². The molecular weight excluding hydrogens is 300 g/mol. The van der Waals surface area contributed by atoms with Gasteiger partial charge in [0, 0.05) is 16.7 Å². The molecule has 2 aromatic carbocycles. The van der Waals surface area contributed by atoms with Gasteiger partial charge in [-0.25, -0.2) is 10.4 Å². The molecule has 0 heterocycles. The Balaban J connectivity index is 2.46. The Hall–Kier alpha value is -2.26. The normalized spacial score (nSPS) is 14.0. The number of hydrogen-bond acceptors (Lipinski definition) is 5. The van der Waals surface area contributed by atoms with Gasteiger partial charge in [-0.1, -0.05) is 24.3 Å². The number of para-hydroxylation sites is 1. The molecule has 2 unspecified atom stereocenters. The van der Waals surface area contributed by atoms with Crippen LogP contribution in [0.25, 0.3) is 12.2 Å². The Bertz CT molecular complexity index is 714. The van der Waals surface area contributed by atoms with Gasteiger partial charge >= 0.3 is 0 Å². The van der Waals surface area contributed by atoms with E-state index in [0.717, 1.165) is 5.56 Å². The molecule has 7 heteroatoms. The maximum atomic E-state index is 11.4. The Morgan fingerprint density at radius 2 is 1.57 bits per heavy atom. The van der Waals surface area contributed by atoms with Crippen LogP contribution in [0.4, 0.5) is 11.4 Å². The minimum Gasteiger partial charge on any atom is -0.595 e. The molecule has 4 N–H and O–H groups in total. The first kappa shape index (κ1) is 17.1. The summed E-state index contributed by atoms with van der Waals surface area (Å²) in [6, 6.07) is 10.1. The molecule has 122 valence electrons. The van der Waals surface area contributed by atoms with Crippen molar-refractivity contribution < 1.29 is 25.6 Å². The average molecular weight is 318 g/mol. The van der Waals surface area contributed by atoms with Crippen molar-refractivity contribution in [3.8, 4) is 5.75 Å². The molecule has 0 spiro atoms. The van der Waals surface area contributed by atoms with Crippen molar-refractivity contribution in [2.45, 2.75) is 6.92 Å². The Kier molecular flexibility index (Phi) is 5.45. The van der Waals surface area contributed by atoms with Crippen LogP contribution in [0.2, 0.25) is 0 Å². The third-order valence-corrected chi connectivity index (χ3v) is 3.44. The van der Waals surface area contributed by atoms with Gasteiger partial charge in [-0.2, -0.15) is 10.5 Å². The maximum absolute atomic E-state index is 11.4. The number of methoxy groups -OCH3 is 1. The molecule has 0 fully saturated rings. The number of benzene rings is 2. The van der Waals surface area contributed by atoms with Crippen molar-refractivity contribution in [3.05, 3.63) is 63.5 Å². The summed E-state index contributed by atoms with van der Waals surface area (Å²) < 4.78 is 5.24. The van der Waals surface area contributed by atoms with Crippen molar-refractivity contribution in [1.82, 2.24) is 0 Å². The summed E-state index contributed by atoms with van der Waals surface area (Å²) in [5, 5.41) is 38.6. The summed E-state index contributed by atoms with van der Waals surface area (Å²) in [6.07, 6.45) is 3.38. The lowest BCUT2D eigenvalue weighted by molar-refractivity contribution is -0.996. The monoisotopic (exact) mass is 318 g/mol. The molecule has 0 aliphatic heterocycles. The first-order valence-corrected chi connectivity index (χ1v) is 6.86. The van der Waals surface area contributed by atoms with Gasteiger partial charge in [0.25, 0.3) is 0 Å². The largest absolute Gasteiger partial charge is 0.595 e. The molecule has 0 aliphatic rings. The number of aryl methyl sites for hydroxylation is 1. The van der Waals surface area contributed by atoms with E-state index in [1.54, 1.807) is 38.3 Å². The number of hydrogen-bond donors (Lipinski definition) is 4. The summed E-state index contributed by atoms with van der Waals surface area (Å²) in [5.41, 5.74) is 1.66. The van der Waals surface area contributed by atoms with Crippen molar-refractivity contribution in [2.24, 2.45) is 0 Å². The van der Waals surface area contributed by atoms with Crippen LogP contribution in [-0.2, 0) is 0 Å². The second-order valence-corrected chi connectivity index (χ2v) is 4.94. The van der Waals surface area contributed by atoms with Crippen LogP contribution in [0.15, 0.2) is 36.4 Å². The fraction of sp³-hybridized carbons (Fsp3) is 0.125. The van der Waals surface area contributed by atoms with Gasteiger partial charge in [0.05, 0.1) is 13.2 Å². The van der Waals surface area contributed by atoms with E-state index in [1.807, 2.05) is 18.2 Å². The van der Waals surface area contributed by atoms with Crippen LogP contribution in [0.5, 0.6) is 5.75 Å². The zero-order valence-corrected chi connectivity index (χ0v) is 12.7. The Morgan fingerprint density at radius 1 is 0.957 bits per heavy atom. The summed E-state index contributed by atoms with van der Waals surface area (Å²) in [7, 11) is 1.56. The molecule has 2 rings (SSSR count). The number of ether oxygens (including phenoxy) is 1. The van der Waals surface area contributed by atoms with Gasteiger partial charge in [-0.05, 0) is 25.1 Å². The predicted octanol–water partition coefficient (Wildman–Crippen LogP) is 0.981. The van der Waals surface area contributed by atoms with Crippen LogP contribution in [-0.4, -0.2) is 17.5 Å². The molecular formula is C16H18N2O5. The van der Waals surface area contributed by atoms with Crippen LogP contribution >= 0.6 is 0 Å². The molecule has 2 aromatic rings. The number of rotatable bonds is 5. The van der Waals surface area contributed by atoms with Crippen LogP contribution in [0.1, 0.15) is 16.7 Å². The highest BCUT2D eigenvalue weighted by atomic mass is 16.8. The molecule has 0 radical (unpaired) electrons. The summed E-state index contributed by atoms with van der Waals surface area (Å²) in [6.45, 7) is 1.63. The van der Waals surface area contributed by atoms with Crippen LogP contribution in [0.3, 0.4) is 0 Å². The number of quaternary nitrogens is 2. The minimum atomic E-state index is -1.17. The van der Waals surface area contributed by atoms with Gasteiger partial charge in [0.15, 0.2) is 11.4 Å². The van der Waals surface area contributed by atoms with E-state index in [9.17, 15) is 15.6 Å². The van der Waals surface area contributed by atoms with E-state index in [2.05, 4.69) is 0 Å². The average Bonchev–Trinajstić information content (AvgIpc) is 2.52. The van der Waals surface area contributed by atoms with Gasteiger partial charge in [0.2, 0.25) is 0 Å². The maximum Gasteiger partial charge on any atom is 0.177 e. The second kappa shape index (κ2) is 7.34. The SMILES string of the molecule is COc1ccccc1C=Cc1cc(C)c([NH+]([O-])O)cc1[NH+]([O-])O. The highest BCUT2D eigenvalue weighted by Gasteiger charge is 2.15. The van der Waals surface area contributed by atoms with E-state index in [0.29, 0.717) is 16.9 Å². The molecule has 0 amide bonds. The van der Waals surface area contributed by atoms with Gasteiger partial charge in [-0.15, -0.1) is 0 Å². The van der Waals surface area contributed by atoms with Crippen molar-refractivity contribution >= 4 is 23.5 Å². The molecule has 7 nitrogen and oxygen atoms in total. The van der Waals surface area contributed by atoms with Crippen LogP contribution in [0, 0.1) is 17.3 Å². The highest BCUT2D eigenvalue weighted by molar-refractivity contribution is 5.77. The number of nitrogens with one attached hydrogen (secondary N) is 2. The first-order valence-electron chi connectivity index (χ1n) is 6.86. The van der Waals surface area contributed by atoms with E-state index >= 15 is 0 Å². The van der Waals surface area contributed by atoms with Crippen molar-refractivity contribution in [2.75, 3.05) is 7.11 Å². The molecule has 2 atom stereocenters. The zero-order valence-electron chi connectivity index (χ0n) is 12.7. The topological polar surface area (TPSA) is 105 Å². The van der Waals surface area contributed by atoms with Gasteiger partial charge in [0.1, 0.15) is 5.75 Å². The lowest BCUT2D eigenvalue weighted by Crippen LogP contribution is -3.01. The van der Waals surface area contributed by atoms with Gasteiger partial charge < -0.3 is 15.2 Å². The summed E-state index contributed by atoms with van der Waals surface area (Å²) in [5.74, 6) is 0.666. The third kappa shape index (κ3) is 3.93. The fourth-order valence-corrected chi connectivity index (χ4v) is 2.27. The molecule has 0 aromatic heterocycles. The van der Waals surface area contributed by atoms with Gasteiger partial charge in [-0.3, -0.25) is 0 Å². The predicted molar refractivity (Wildman–Crippen MR) is 84.7 cm³/mol. The summed E-state index contributed by atoms with van der Waals surface area (Å²) >= 11 is 0. The summed E-state index contributed by atoms with van der Waals surface area (Å²) in [4.78, 5) is 0. The fourth-order valence-electron chi connectivity index (χ4n) is 2.27. The highest BCUT2D eigenvalue weighted by Crippen LogP contribution is 2.24.